The first kappa shape index (κ1) is 20.6. The first-order valence-electron chi connectivity index (χ1n) is 9.95. The molecule has 5 nitrogen and oxygen atoms in total. The number of benzene rings is 2. The molecule has 150 valence electrons. The van der Waals surface area contributed by atoms with Crippen LogP contribution in [0, 0.1) is 5.92 Å². The minimum atomic E-state index is 0. The van der Waals surface area contributed by atoms with Crippen molar-refractivity contribution in [3.05, 3.63) is 48.0 Å². The monoisotopic (exact) mass is 401 g/mol. The van der Waals surface area contributed by atoms with Crippen LogP contribution in [0.5, 0.6) is 0 Å². The standard InChI is InChI=1S/C22H27N3O2.ClH/c23-18-10-14-24(15-11-18)21(26)17-8-12-25(13-9-17)22(27)20-7-3-5-16-4-1-2-6-19(16)20;/h1-7,17-18H,8-15,23H2;1H. The zero-order valence-electron chi connectivity index (χ0n) is 16.0. The minimum absolute atomic E-state index is 0. The van der Waals surface area contributed by atoms with Crippen molar-refractivity contribution >= 4 is 35.0 Å². The second kappa shape index (κ2) is 8.93. The van der Waals surface area contributed by atoms with Gasteiger partial charge in [-0.25, -0.2) is 0 Å². The summed E-state index contributed by atoms with van der Waals surface area (Å²) < 4.78 is 0. The smallest absolute Gasteiger partial charge is 0.254 e. The molecular formula is C22H28ClN3O2. The first-order valence-corrected chi connectivity index (χ1v) is 9.95. The van der Waals surface area contributed by atoms with Crippen LogP contribution in [0.25, 0.3) is 10.8 Å². The molecule has 0 radical (unpaired) electrons. The quantitative estimate of drug-likeness (QED) is 0.840. The molecule has 0 spiro atoms. The zero-order chi connectivity index (χ0) is 18.8. The van der Waals surface area contributed by atoms with E-state index in [2.05, 4.69) is 0 Å². The van der Waals surface area contributed by atoms with Gasteiger partial charge in [-0.05, 0) is 42.5 Å². The molecule has 0 saturated carbocycles. The van der Waals surface area contributed by atoms with Gasteiger partial charge in [-0.3, -0.25) is 9.59 Å². The average molecular weight is 402 g/mol. The number of amides is 2. The van der Waals surface area contributed by atoms with E-state index < -0.39 is 0 Å². The maximum atomic E-state index is 13.0. The highest BCUT2D eigenvalue weighted by molar-refractivity contribution is 6.07. The Bertz CT molecular complexity index is 835. The summed E-state index contributed by atoms with van der Waals surface area (Å²) in [7, 11) is 0. The molecule has 6 heteroatoms. The third-order valence-electron chi connectivity index (χ3n) is 6.00. The highest BCUT2D eigenvalue weighted by atomic mass is 35.5. The second-order valence-electron chi connectivity index (χ2n) is 7.76. The van der Waals surface area contributed by atoms with Gasteiger partial charge in [0.1, 0.15) is 0 Å². The molecule has 0 aromatic heterocycles. The molecule has 28 heavy (non-hydrogen) atoms. The SMILES string of the molecule is Cl.NC1CCN(C(=O)C2CCN(C(=O)c3cccc4ccccc34)CC2)CC1. The molecular weight excluding hydrogens is 374 g/mol. The van der Waals surface area contributed by atoms with Crippen LogP contribution in [-0.4, -0.2) is 53.8 Å². The van der Waals surface area contributed by atoms with Crippen LogP contribution in [0.4, 0.5) is 0 Å². The van der Waals surface area contributed by atoms with E-state index in [0.29, 0.717) is 13.1 Å². The van der Waals surface area contributed by atoms with Crippen molar-refractivity contribution in [1.82, 2.24) is 9.80 Å². The Morgan fingerprint density at radius 3 is 2.14 bits per heavy atom. The lowest BCUT2D eigenvalue weighted by Crippen LogP contribution is -2.48. The van der Waals surface area contributed by atoms with Gasteiger partial charge in [0.15, 0.2) is 0 Å². The van der Waals surface area contributed by atoms with Crippen LogP contribution >= 0.6 is 12.4 Å². The number of rotatable bonds is 2. The highest BCUT2D eigenvalue weighted by Gasteiger charge is 2.32. The molecule has 4 rings (SSSR count). The Kier molecular flexibility index (Phi) is 6.57. The Morgan fingerprint density at radius 2 is 1.43 bits per heavy atom. The minimum Gasteiger partial charge on any atom is -0.342 e. The highest BCUT2D eigenvalue weighted by Crippen LogP contribution is 2.25. The molecule has 0 aliphatic carbocycles. The molecule has 2 aliphatic heterocycles. The average Bonchev–Trinajstić information content (AvgIpc) is 2.73. The van der Waals surface area contributed by atoms with Crippen LogP contribution in [0.3, 0.4) is 0 Å². The van der Waals surface area contributed by atoms with Gasteiger partial charge < -0.3 is 15.5 Å². The third-order valence-corrected chi connectivity index (χ3v) is 6.00. The number of likely N-dealkylation sites (tertiary alicyclic amines) is 2. The molecule has 2 N–H and O–H groups in total. The van der Waals surface area contributed by atoms with E-state index >= 15 is 0 Å². The van der Waals surface area contributed by atoms with Crippen LogP contribution in [0.1, 0.15) is 36.0 Å². The number of halogens is 1. The maximum absolute atomic E-state index is 13.0. The normalized spacial score (nSPS) is 18.8. The summed E-state index contributed by atoms with van der Waals surface area (Å²) in [4.78, 5) is 29.7. The summed E-state index contributed by atoms with van der Waals surface area (Å²) in [5, 5.41) is 2.07. The van der Waals surface area contributed by atoms with Gasteiger partial charge >= 0.3 is 0 Å². The zero-order valence-corrected chi connectivity index (χ0v) is 16.9. The van der Waals surface area contributed by atoms with Crippen molar-refractivity contribution in [1.29, 1.82) is 0 Å². The number of hydrogen-bond donors (Lipinski definition) is 1. The Morgan fingerprint density at radius 1 is 0.821 bits per heavy atom. The summed E-state index contributed by atoms with van der Waals surface area (Å²) in [5.74, 6) is 0.358. The first-order chi connectivity index (χ1) is 13.1. The van der Waals surface area contributed by atoms with Crippen molar-refractivity contribution in [3.63, 3.8) is 0 Å². The third kappa shape index (κ3) is 4.15. The lowest BCUT2D eigenvalue weighted by Gasteiger charge is -2.36. The number of carbonyl (C=O) groups excluding carboxylic acids is 2. The van der Waals surface area contributed by atoms with Crippen molar-refractivity contribution in [2.24, 2.45) is 11.7 Å². The summed E-state index contributed by atoms with van der Waals surface area (Å²) in [6, 6.07) is 14.1. The number of hydrogen-bond acceptors (Lipinski definition) is 3. The Balaban J connectivity index is 0.00000225. The van der Waals surface area contributed by atoms with E-state index in [1.807, 2.05) is 52.3 Å². The Hall–Kier alpha value is -2.11. The molecule has 0 bridgehead atoms. The predicted molar refractivity (Wildman–Crippen MR) is 114 cm³/mol. The van der Waals surface area contributed by atoms with Crippen LogP contribution in [0.2, 0.25) is 0 Å². The molecule has 0 atom stereocenters. The summed E-state index contributed by atoms with van der Waals surface area (Å²) in [6.45, 7) is 2.84. The van der Waals surface area contributed by atoms with E-state index in [0.717, 1.165) is 55.1 Å². The van der Waals surface area contributed by atoms with E-state index in [1.54, 1.807) is 0 Å². The fourth-order valence-electron chi connectivity index (χ4n) is 4.29. The van der Waals surface area contributed by atoms with Gasteiger partial charge in [-0.15, -0.1) is 12.4 Å². The number of nitrogens with two attached hydrogens (primary N) is 1. The van der Waals surface area contributed by atoms with E-state index in [1.165, 1.54) is 0 Å². The van der Waals surface area contributed by atoms with Gasteiger partial charge in [0.2, 0.25) is 5.91 Å². The molecule has 2 aromatic carbocycles. The van der Waals surface area contributed by atoms with Crippen molar-refractivity contribution < 1.29 is 9.59 Å². The van der Waals surface area contributed by atoms with Crippen LogP contribution in [-0.2, 0) is 4.79 Å². The Labute approximate surface area is 172 Å². The molecule has 2 saturated heterocycles. The van der Waals surface area contributed by atoms with E-state index in [-0.39, 0.29) is 36.2 Å². The molecule has 2 amide bonds. The number of fused-ring (bicyclic) bond motifs is 1. The molecule has 2 fully saturated rings. The molecule has 2 aliphatic rings. The van der Waals surface area contributed by atoms with Gasteiger partial charge in [-0.1, -0.05) is 36.4 Å². The summed E-state index contributed by atoms with van der Waals surface area (Å²) >= 11 is 0. The topological polar surface area (TPSA) is 66.6 Å². The van der Waals surface area contributed by atoms with Crippen molar-refractivity contribution in [3.8, 4) is 0 Å². The van der Waals surface area contributed by atoms with E-state index in [4.69, 9.17) is 5.73 Å². The van der Waals surface area contributed by atoms with Crippen molar-refractivity contribution in [2.75, 3.05) is 26.2 Å². The summed E-state index contributed by atoms with van der Waals surface area (Å²) in [6.07, 6.45) is 3.28. The van der Waals surface area contributed by atoms with Gasteiger partial charge in [-0.2, -0.15) is 0 Å². The molecule has 2 aromatic rings. The molecule has 2 heterocycles. The lowest BCUT2D eigenvalue weighted by atomic mass is 9.93. The second-order valence-corrected chi connectivity index (χ2v) is 7.76. The van der Waals surface area contributed by atoms with Gasteiger partial charge in [0.25, 0.3) is 5.91 Å². The number of piperidine rings is 2. The number of nitrogens with zero attached hydrogens (tertiary/aromatic N) is 2. The summed E-state index contributed by atoms with van der Waals surface area (Å²) in [5.41, 5.74) is 6.69. The van der Waals surface area contributed by atoms with Gasteiger partial charge in [0.05, 0.1) is 0 Å². The van der Waals surface area contributed by atoms with Gasteiger partial charge in [0, 0.05) is 43.7 Å². The largest absolute Gasteiger partial charge is 0.342 e. The fraction of sp³-hybridized carbons (Fsp3) is 0.455. The maximum Gasteiger partial charge on any atom is 0.254 e. The lowest BCUT2D eigenvalue weighted by molar-refractivity contribution is -0.138. The van der Waals surface area contributed by atoms with Crippen molar-refractivity contribution in [2.45, 2.75) is 31.7 Å². The molecule has 0 unspecified atom stereocenters. The predicted octanol–water partition coefficient (Wildman–Crippen LogP) is 3.06. The number of carbonyl (C=O) groups is 2. The van der Waals surface area contributed by atoms with E-state index in [9.17, 15) is 9.59 Å². The fourth-order valence-corrected chi connectivity index (χ4v) is 4.29. The van der Waals surface area contributed by atoms with Crippen LogP contribution < -0.4 is 5.73 Å². The van der Waals surface area contributed by atoms with Crippen LogP contribution in [0.15, 0.2) is 42.5 Å².